The zero-order valence-electron chi connectivity index (χ0n) is 10.9. The van der Waals surface area contributed by atoms with Crippen molar-refractivity contribution >= 4 is 11.3 Å². The molecule has 18 heavy (non-hydrogen) atoms. The molecule has 1 aromatic carbocycles. The van der Waals surface area contributed by atoms with E-state index in [1.807, 2.05) is 11.3 Å². The molecule has 1 nitrogen and oxygen atoms in total. The number of thiophene rings is 1. The predicted octanol–water partition coefficient (Wildman–Crippen LogP) is 4.12. The van der Waals surface area contributed by atoms with E-state index in [0.29, 0.717) is 5.92 Å². The maximum absolute atomic E-state index is 5.73. The fourth-order valence-electron chi connectivity index (χ4n) is 2.36. The van der Waals surface area contributed by atoms with Gasteiger partial charge < -0.3 is 5.73 Å². The van der Waals surface area contributed by atoms with Gasteiger partial charge in [0.15, 0.2) is 0 Å². The molecule has 0 bridgehead atoms. The lowest BCUT2D eigenvalue weighted by Gasteiger charge is -2.14. The van der Waals surface area contributed by atoms with E-state index in [2.05, 4.69) is 48.7 Å². The highest BCUT2D eigenvalue weighted by Crippen LogP contribution is 2.28. The summed E-state index contributed by atoms with van der Waals surface area (Å²) in [5, 5.41) is 2.16. The Balaban J connectivity index is 1.98. The quantitative estimate of drug-likeness (QED) is 0.829. The van der Waals surface area contributed by atoms with Crippen LogP contribution in [0.2, 0.25) is 0 Å². The van der Waals surface area contributed by atoms with Gasteiger partial charge in [0, 0.05) is 4.88 Å². The summed E-state index contributed by atoms with van der Waals surface area (Å²) >= 11 is 1.85. The highest BCUT2D eigenvalue weighted by atomic mass is 32.1. The van der Waals surface area contributed by atoms with Gasteiger partial charge in [-0.1, -0.05) is 35.9 Å². The molecule has 2 rings (SSSR count). The van der Waals surface area contributed by atoms with Gasteiger partial charge in [0.1, 0.15) is 0 Å². The Hall–Kier alpha value is -1.12. The average molecular weight is 259 g/mol. The molecule has 0 fully saturated rings. The van der Waals surface area contributed by atoms with Gasteiger partial charge in [0.2, 0.25) is 0 Å². The van der Waals surface area contributed by atoms with Crippen molar-refractivity contribution in [2.45, 2.75) is 32.1 Å². The van der Waals surface area contributed by atoms with Crippen molar-refractivity contribution in [2.24, 2.45) is 5.73 Å². The maximum Gasteiger partial charge on any atom is 0.00767 e. The van der Waals surface area contributed by atoms with Crippen molar-refractivity contribution in [1.29, 1.82) is 0 Å². The molecule has 0 saturated carbocycles. The number of rotatable bonds is 6. The van der Waals surface area contributed by atoms with E-state index in [9.17, 15) is 0 Å². The van der Waals surface area contributed by atoms with Gasteiger partial charge >= 0.3 is 0 Å². The molecular weight excluding hydrogens is 238 g/mol. The van der Waals surface area contributed by atoms with Crippen LogP contribution in [0, 0.1) is 6.92 Å². The number of hydrogen-bond donors (Lipinski definition) is 1. The van der Waals surface area contributed by atoms with E-state index in [1.54, 1.807) is 0 Å². The highest BCUT2D eigenvalue weighted by molar-refractivity contribution is 7.10. The molecule has 2 heteroatoms. The molecule has 0 radical (unpaired) electrons. The van der Waals surface area contributed by atoms with Gasteiger partial charge in [0.25, 0.3) is 0 Å². The van der Waals surface area contributed by atoms with E-state index in [-0.39, 0.29) is 0 Å². The fraction of sp³-hybridized carbons (Fsp3) is 0.375. The van der Waals surface area contributed by atoms with E-state index < -0.39 is 0 Å². The van der Waals surface area contributed by atoms with E-state index in [4.69, 9.17) is 5.73 Å². The van der Waals surface area contributed by atoms with Crippen molar-refractivity contribution in [3.05, 3.63) is 57.8 Å². The molecule has 0 aliphatic rings. The minimum absolute atomic E-state index is 0.621. The first-order valence-electron chi connectivity index (χ1n) is 6.58. The minimum atomic E-state index is 0.621. The minimum Gasteiger partial charge on any atom is -0.330 e. The molecule has 1 aromatic heterocycles. The molecule has 1 atom stereocenters. The van der Waals surface area contributed by atoms with Crippen molar-refractivity contribution in [2.75, 3.05) is 6.54 Å². The first kappa shape index (κ1) is 13.3. The summed E-state index contributed by atoms with van der Waals surface area (Å²) in [5.74, 6) is 0.621. The van der Waals surface area contributed by atoms with Crippen LogP contribution in [-0.4, -0.2) is 6.54 Å². The zero-order valence-corrected chi connectivity index (χ0v) is 11.7. The van der Waals surface area contributed by atoms with Crippen molar-refractivity contribution in [3.8, 4) is 0 Å². The summed E-state index contributed by atoms with van der Waals surface area (Å²) in [5.41, 5.74) is 8.52. The van der Waals surface area contributed by atoms with Crippen LogP contribution in [0.25, 0.3) is 0 Å². The molecule has 2 N–H and O–H groups in total. The van der Waals surface area contributed by atoms with Crippen molar-refractivity contribution in [3.63, 3.8) is 0 Å². The monoisotopic (exact) mass is 259 g/mol. The topological polar surface area (TPSA) is 26.0 Å². The second kappa shape index (κ2) is 6.72. The molecule has 0 aliphatic carbocycles. The zero-order chi connectivity index (χ0) is 12.8. The molecular formula is C16H21NS. The molecule has 96 valence electrons. The molecule has 2 aromatic rings. The van der Waals surface area contributed by atoms with Gasteiger partial charge in [-0.2, -0.15) is 0 Å². The standard InChI is InChI=1S/C16H21NS/c1-13-4-2-5-14(12-13)7-8-15(9-10-17)16-6-3-11-18-16/h2-6,11-12,15H,7-10,17H2,1H3. The lowest BCUT2D eigenvalue weighted by atomic mass is 9.94. The van der Waals surface area contributed by atoms with Crippen LogP contribution in [-0.2, 0) is 6.42 Å². The van der Waals surface area contributed by atoms with Crippen LogP contribution < -0.4 is 5.73 Å². The Morgan fingerprint density at radius 2 is 2.06 bits per heavy atom. The smallest absolute Gasteiger partial charge is 0.00767 e. The lowest BCUT2D eigenvalue weighted by molar-refractivity contribution is 0.593. The number of aryl methyl sites for hydroxylation is 2. The van der Waals surface area contributed by atoms with Crippen LogP contribution in [0.3, 0.4) is 0 Å². The average Bonchev–Trinajstić information content (AvgIpc) is 2.88. The summed E-state index contributed by atoms with van der Waals surface area (Å²) in [6, 6.07) is 13.2. The molecule has 1 unspecified atom stereocenters. The fourth-order valence-corrected chi connectivity index (χ4v) is 3.26. The second-order valence-electron chi connectivity index (χ2n) is 4.82. The summed E-state index contributed by atoms with van der Waals surface area (Å²) in [6.45, 7) is 2.93. The maximum atomic E-state index is 5.73. The van der Waals surface area contributed by atoms with Gasteiger partial charge in [-0.15, -0.1) is 11.3 Å². The number of benzene rings is 1. The Kier molecular flexibility index (Phi) is 4.97. The largest absolute Gasteiger partial charge is 0.330 e. The van der Waals surface area contributed by atoms with Crippen LogP contribution >= 0.6 is 11.3 Å². The predicted molar refractivity (Wildman–Crippen MR) is 80.2 cm³/mol. The molecule has 1 heterocycles. The first-order chi connectivity index (χ1) is 8.79. The molecule has 0 amide bonds. The Bertz CT molecular complexity index is 462. The van der Waals surface area contributed by atoms with Crippen molar-refractivity contribution < 1.29 is 0 Å². The van der Waals surface area contributed by atoms with E-state index in [0.717, 1.165) is 19.4 Å². The van der Waals surface area contributed by atoms with Crippen LogP contribution in [0.4, 0.5) is 0 Å². The Morgan fingerprint density at radius 1 is 1.17 bits per heavy atom. The van der Waals surface area contributed by atoms with Gasteiger partial charge in [0.05, 0.1) is 0 Å². The van der Waals surface area contributed by atoms with Gasteiger partial charge in [-0.25, -0.2) is 0 Å². The lowest BCUT2D eigenvalue weighted by Crippen LogP contribution is -2.07. The van der Waals surface area contributed by atoms with Crippen LogP contribution in [0.1, 0.15) is 34.8 Å². The third kappa shape index (κ3) is 3.69. The first-order valence-corrected chi connectivity index (χ1v) is 7.46. The summed E-state index contributed by atoms with van der Waals surface area (Å²) in [7, 11) is 0. The Labute approximate surface area is 114 Å². The second-order valence-corrected chi connectivity index (χ2v) is 5.80. The van der Waals surface area contributed by atoms with E-state index in [1.165, 1.54) is 22.4 Å². The van der Waals surface area contributed by atoms with Gasteiger partial charge in [-0.05, 0) is 55.7 Å². The summed E-state index contributed by atoms with van der Waals surface area (Å²) < 4.78 is 0. The Morgan fingerprint density at radius 3 is 2.72 bits per heavy atom. The third-order valence-corrected chi connectivity index (χ3v) is 4.36. The molecule has 0 spiro atoms. The number of hydrogen-bond acceptors (Lipinski definition) is 2. The van der Waals surface area contributed by atoms with E-state index >= 15 is 0 Å². The summed E-state index contributed by atoms with van der Waals surface area (Å²) in [4.78, 5) is 1.48. The highest BCUT2D eigenvalue weighted by Gasteiger charge is 2.11. The third-order valence-electron chi connectivity index (χ3n) is 3.32. The van der Waals surface area contributed by atoms with Crippen LogP contribution in [0.15, 0.2) is 41.8 Å². The van der Waals surface area contributed by atoms with Gasteiger partial charge in [-0.3, -0.25) is 0 Å². The summed E-state index contributed by atoms with van der Waals surface area (Å²) in [6.07, 6.45) is 3.43. The SMILES string of the molecule is Cc1cccc(CCC(CCN)c2cccs2)c1. The van der Waals surface area contributed by atoms with Crippen molar-refractivity contribution in [1.82, 2.24) is 0 Å². The molecule has 0 aliphatic heterocycles. The molecule has 0 saturated heterocycles. The normalized spacial score (nSPS) is 12.6. The van der Waals surface area contributed by atoms with Crippen LogP contribution in [0.5, 0.6) is 0 Å². The number of nitrogens with two attached hydrogens (primary N) is 1.